The van der Waals surface area contributed by atoms with Crippen molar-refractivity contribution in [3.8, 4) is 0 Å². The largest absolute Gasteiger partial charge is 0.481 e. The van der Waals surface area contributed by atoms with Crippen molar-refractivity contribution >= 4 is 24.3 Å². The Morgan fingerprint density at radius 3 is 2.42 bits per heavy atom. The summed E-state index contributed by atoms with van der Waals surface area (Å²) in [4.78, 5) is 49.9. The Morgan fingerprint density at radius 1 is 1.08 bits per heavy atom. The van der Waals surface area contributed by atoms with Crippen molar-refractivity contribution < 1.29 is 38.5 Å². The highest BCUT2D eigenvalue weighted by molar-refractivity contribution is 5.76. The number of allylic oxidation sites excluding steroid dienone is 1. The Balaban J connectivity index is 1.52. The minimum atomic E-state index is -0.872. The molecule has 3 saturated carbocycles. The highest BCUT2D eigenvalue weighted by atomic mass is 16.6. The smallest absolute Gasteiger partial charge is 0.323 e. The van der Waals surface area contributed by atoms with Gasteiger partial charge in [-0.1, -0.05) is 60.1 Å². The third kappa shape index (κ3) is 5.51. The van der Waals surface area contributed by atoms with Crippen LogP contribution in [-0.2, 0) is 33.4 Å². The fourth-order valence-electron chi connectivity index (χ4n) is 11.9. The third-order valence-electron chi connectivity index (χ3n) is 14.9. The van der Waals surface area contributed by atoms with Gasteiger partial charge >= 0.3 is 17.9 Å². The van der Waals surface area contributed by atoms with Gasteiger partial charge in [0.2, 0.25) is 6.41 Å². The van der Waals surface area contributed by atoms with Crippen LogP contribution >= 0.6 is 0 Å². The average Bonchev–Trinajstić information content (AvgIpc) is 3.00. The van der Waals surface area contributed by atoms with Gasteiger partial charge in [-0.05, 0) is 91.3 Å². The Morgan fingerprint density at radius 2 is 1.79 bits per heavy atom. The third-order valence-corrected chi connectivity index (χ3v) is 14.9. The summed E-state index contributed by atoms with van der Waals surface area (Å²) in [5.74, 6) is -1.21. The first-order valence-corrected chi connectivity index (χ1v) is 18.2. The minimum absolute atomic E-state index is 0.122. The minimum Gasteiger partial charge on any atom is -0.481 e. The summed E-state index contributed by atoms with van der Waals surface area (Å²) in [6, 6.07) is -0.872. The van der Waals surface area contributed by atoms with E-state index in [-0.39, 0.29) is 28.6 Å². The van der Waals surface area contributed by atoms with Crippen LogP contribution in [0.5, 0.6) is 0 Å². The van der Waals surface area contributed by atoms with E-state index in [0.29, 0.717) is 57.8 Å². The highest BCUT2D eigenvalue weighted by Gasteiger charge is 2.72. The topological polar surface area (TPSA) is 154 Å². The van der Waals surface area contributed by atoms with Gasteiger partial charge in [0.15, 0.2) is 0 Å². The number of amides is 1. The van der Waals surface area contributed by atoms with E-state index < -0.39 is 58.3 Å². The lowest BCUT2D eigenvalue weighted by molar-refractivity contribution is -0.263. The molecule has 4 fully saturated rings. The standard InChI is InChI=1S/C38H60N2O8/c1-22(2)23(3)34(5)15-16-36(7)25-11-12-29-35(6)19-46-20-38(29,26(25)13-14-37(36,8)30(34)32(43)44)18-28(47-24(4)42)31(35)48-33(45)27(39)10-9-17-40-21-41/h13,21-23,25,27-31H,9-12,14-20,39H2,1-8H3,(H,40,41)(H,43,44)/t23-,25+,27?,28-,29+,30-,31+,34-,35+,36-,37+,38-/m1/s1. The van der Waals surface area contributed by atoms with Gasteiger partial charge in [-0.3, -0.25) is 19.2 Å². The number of rotatable bonds is 11. The number of carboxylic acids is 1. The molecule has 10 heteroatoms. The number of carbonyl (C=O) groups excluding carboxylic acids is 3. The van der Waals surface area contributed by atoms with Gasteiger partial charge < -0.3 is 30.4 Å². The summed E-state index contributed by atoms with van der Waals surface area (Å²) in [6.07, 6.45) is 7.23. The lowest BCUT2D eigenvalue weighted by Gasteiger charge is -2.71. The van der Waals surface area contributed by atoms with Gasteiger partial charge in [0.1, 0.15) is 18.2 Å². The zero-order valence-electron chi connectivity index (χ0n) is 30.4. The molecule has 0 aromatic rings. The Kier molecular flexibility index (Phi) is 9.98. The van der Waals surface area contributed by atoms with Crippen LogP contribution in [0.3, 0.4) is 0 Å². The summed E-state index contributed by atoms with van der Waals surface area (Å²) in [7, 11) is 0. The van der Waals surface area contributed by atoms with Gasteiger partial charge in [-0.15, -0.1) is 0 Å². The van der Waals surface area contributed by atoms with Crippen LogP contribution in [0.2, 0.25) is 0 Å². The summed E-state index contributed by atoms with van der Waals surface area (Å²) in [6.45, 7) is 18.2. The van der Waals surface area contributed by atoms with Crippen LogP contribution in [0.25, 0.3) is 0 Å². The molecule has 1 aliphatic heterocycles. The molecule has 0 spiro atoms. The molecular weight excluding hydrogens is 612 g/mol. The summed E-state index contributed by atoms with van der Waals surface area (Å²) >= 11 is 0. The lowest BCUT2D eigenvalue weighted by atomic mass is 9.34. The quantitative estimate of drug-likeness (QED) is 0.115. The van der Waals surface area contributed by atoms with Crippen LogP contribution in [0.15, 0.2) is 11.6 Å². The van der Waals surface area contributed by atoms with Crippen molar-refractivity contribution in [2.45, 2.75) is 125 Å². The zero-order chi connectivity index (χ0) is 35.4. The maximum atomic E-state index is 13.4. The van der Waals surface area contributed by atoms with Crippen LogP contribution in [0.1, 0.15) is 107 Å². The van der Waals surface area contributed by atoms with E-state index in [0.717, 1.165) is 25.7 Å². The number of esters is 2. The van der Waals surface area contributed by atoms with Crippen molar-refractivity contribution in [1.82, 2.24) is 5.32 Å². The molecule has 270 valence electrons. The number of fused-ring (bicyclic) bond motifs is 3. The van der Waals surface area contributed by atoms with Gasteiger partial charge in [0, 0.05) is 24.3 Å². The zero-order valence-corrected chi connectivity index (χ0v) is 30.4. The first-order valence-electron chi connectivity index (χ1n) is 18.2. The second-order valence-corrected chi connectivity index (χ2v) is 17.4. The molecule has 4 N–H and O–H groups in total. The van der Waals surface area contributed by atoms with Crippen LogP contribution in [0, 0.1) is 56.7 Å². The average molecular weight is 673 g/mol. The van der Waals surface area contributed by atoms with Gasteiger partial charge in [0.25, 0.3) is 0 Å². The molecule has 5 rings (SSSR count). The SMILES string of the molecule is CC(=O)O[C@@H]1C[C@]23COC[C@@](C)([C@@H]2CC[C@H]2C3=CC[C@@]3(C)[C@H](C(=O)O)[C@@](C)([C@H](C)C(C)C)CC[C@]23C)[C@H]1OC(=O)C(N)CCCNC=O. The van der Waals surface area contributed by atoms with Crippen molar-refractivity contribution in [2.75, 3.05) is 19.8 Å². The van der Waals surface area contributed by atoms with E-state index in [4.69, 9.17) is 19.9 Å². The van der Waals surface area contributed by atoms with E-state index in [1.165, 1.54) is 12.5 Å². The maximum Gasteiger partial charge on any atom is 0.323 e. The summed E-state index contributed by atoms with van der Waals surface area (Å²) in [5, 5.41) is 13.5. The van der Waals surface area contributed by atoms with E-state index >= 15 is 0 Å². The number of aliphatic carboxylic acids is 1. The molecular formula is C38H60N2O8. The van der Waals surface area contributed by atoms with Crippen LogP contribution in [-0.4, -0.2) is 67.4 Å². The molecule has 1 unspecified atom stereocenters. The predicted octanol–water partition coefficient (Wildman–Crippen LogP) is 5.27. The number of ether oxygens (including phenoxy) is 3. The second kappa shape index (κ2) is 13.0. The van der Waals surface area contributed by atoms with Crippen molar-refractivity contribution in [3.63, 3.8) is 0 Å². The van der Waals surface area contributed by atoms with Crippen LogP contribution < -0.4 is 11.1 Å². The van der Waals surface area contributed by atoms with Crippen molar-refractivity contribution in [3.05, 3.63) is 11.6 Å². The number of carbonyl (C=O) groups is 4. The maximum absolute atomic E-state index is 13.4. The van der Waals surface area contributed by atoms with Crippen LogP contribution in [0.4, 0.5) is 0 Å². The summed E-state index contributed by atoms with van der Waals surface area (Å²) < 4.78 is 18.7. The molecule has 5 aliphatic rings. The monoisotopic (exact) mass is 672 g/mol. The number of nitrogens with two attached hydrogens (primary N) is 1. The number of hydrogen-bond acceptors (Lipinski definition) is 8. The molecule has 1 saturated heterocycles. The lowest BCUT2D eigenvalue weighted by Crippen LogP contribution is -2.70. The molecule has 12 atom stereocenters. The number of hydrogen-bond donors (Lipinski definition) is 3. The molecule has 4 aliphatic carbocycles. The van der Waals surface area contributed by atoms with E-state index in [1.807, 2.05) is 0 Å². The number of carboxylic acid groups (broad SMARTS) is 1. The van der Waals surface area contributed by atoms with E-state index in [9.17, 15) is 24.3 Å². The van der Waals surface area contributed by atoms with Gasteiger partial charge in [-0.2, -0.15) is 0 Å². The fraction of sp³-hybridized carbons (Fsp3) is 0.842. The molecule has 48 heavy (non-hydrogen) atoms. The van der Waals surface area contributed by atoms with Crippen molar-refractivity contribution in [2.24, 2.45) is 62.4 Å². The molecule has 2 bridgehead atoms. The van der Waals surface area contributed by atoms with E-state index in [2.05, 4.69) is 59.9 Å². The first-order chi connectivity index (χ1) is 22.4. The van der Waals surface area contributed by atoms with Crippen molar-refractivity contribution in [1.29, 1.82) is 0 Å². The summed E-state index contributed by atoms with van der Waals surface area (Å²) in [5.41, 5.74) is 5.53. The normalized spacial score (nSPS) is 43.0. The first kappa shape index (κ1) is 36.8. The highest BCUT2D eigenvalue weighted by Crippen LogP contribution is 2.75. The Labute approximate surface area is 286 Å². The molecule has 10 nitrogen and oxygen atoms in total. The van der Waals surface area contributed by atoms with Gasteiger partial charge in [0.05, 0.1) is 19.1 Å². The van der Waals surface area contributed by atoms with Gasteiger partial charge in [-0.25, -0.2) is 0 Å². The predicted molar refractivity (Wildman–Crippen MR) is 180 cm³/mol. The fourth-order valence-corrected chi connectivity index (χ4v) is 11.9. The van der Waals surface area contributed by atoms with E-state index in [1.54, 1.807) is 0 Å². The Hall–Kier alpha value is -2.46. The molecule has 0 aromatic heterocycles. The Bertz CT molecular complexity index is 1320. The molecule has 1 amide bonds. The molecule has 0 radical (unpaired) electrons. The molecule has 0 aromatic carbocycles. The second-order valence-electron chi connectivity index (χ2n) is 17.4. The molecule has 1 heterocycles. The number of nitrogens with one attached hydrogen (secondary N) is 1.